The van der Waals surface area contributed by atoms with Gasteiger partial charge in [0.25, 0.3) is 0 Å². The Balaban J connectivity index is 2.70. The lowest BCUT2D eigenvalue weighted by molar-refractivity contribution is 0.0697. The Labute approximate surface area is 110 Å². The van der Waals surface area contributed by atoms with Crippen LogP contribution < -0.4 is 0 Å². The number of halogens is 1. The quantitative estimate of drug-likeness (QED) is 0.924. The van der Waals surface area contributed by atoms with Gasteiger partial charge in [-0.3, -0.25) is 4.68 Å². The number of carboxylic acids is 1. The highest BCUT2D eigenvalue weighted by Gasteiger charge is 2.19. The van der Waals surface area contributed by atoms with Gasteiger partial charge in [-0.15, -0.1) is 0 Å². The van der Waals surface area contributed by atoms with Gasteiger partial charge in [0, 0.05) is 24.4 Å². The molecule has 0 atom stereocenters. The van der Waals surface area contributed by atoms with Gasteiger partial charge in [0.2, 0.25) is 0 Å². The molecular formula is C14H15FN2O2. The summed E-state index contributed by atoms with van der Waals surface area (Å²) in [5, 5.41) is 13.5. The number of carboxylic acid groups (broad SMARTS) is 1. The maximum absolute atomic E-state index is 13.4. The topological polar surface area (TPSA) is 55.1 Å². The third-order valence-corrected chi connectivity index (χ3v) is 2.91. The van der Waals surface area contributed by atoms with Crippen LogP contribution in [0.25, 0.3) is 11.1 Å². The molecule has 1 aromatic heterocycles. The maximum Gasteiger partial charge on any atom is 0.336 e. The van der Waals surface area contributed by atoms with Crippen LogP contribution in [0, 0.1) is 5.82 Å². The smallest absolute Gasteiger partial charge is 0.336 e. The third kappa shape index (κ3) is 2.50. The van der Waals surface area contributed by atoms with E-state index < -0.39 is 11.8 Å². The molecular weight excluding hydrogens is 247 g/mol. The fourth-order valence-corrected chi connectivity index (χ4v) is 2.07. The Morgan fingerprint density at radius 3 is 2.63 bits per heavy atom. The van der Waals surface area contributed by atoms with Crippen molar-refractivity contribution in [2.24, 2.45) is 7.05 Å². The van der Waals surface area contributed by atoms with Crippen molar-refractivity contribution >= 4 is 5.97 Å². The lowest BCUT2D eigenvalue weighted by Crippen LogP contribution is -2.01. The molecule has 0 saturated heterocycles. The molecule has 0 unspecified atom stereocenters. The van der Waals surface area contributed by atoms with E-state index in [0.29, 0.717) is 11.1 Å². The summed E-state index contributed by atoms with van der Waals surface area (Å²) >= 11 is 0. The van der Waals surface area contributed by atoms with Crippen LogP contribution in [0.2, 0.25) is 0 Å². The summed E-state index contributed by atoms with van der Waals surface area (Å²) in [6.45, 7) is 3.93. The largest absolute Gasteiger partial charge is 0.478 e. The molecule has 0 aliphatic rings. The van der Waals surface area contributed by atoms with E-state index in [1.807, 2.05) is 13.8 Å². The van der Waals surface area contributed by atoms with Crippen molar-refractivity contribution in [2.45, 2.75) is 19.8 Å². The normalized spacial score (nSPS) is 11.0. The Kier molecular flexibility index (Phi) is 3.38. The summed E-state index contributed by atoms with van der Waals surface area (Å²) in [5.41, 5.74) is 1.87. The molecule has 0 aliphatic carbocycles. The maximum atomic E-state index is 13.4. The molecule has 0 bridgehead atoms. The van der Waals surface area contributed by atoms with Crippen molar-refractivity contribution in [3.8, 4) is 11.1 Å². The summed E-state index contributed by atoms with van der Waals surface area (Å²) in [7, 11) is 1.76. The molecule has 0 fully saturated rings. The van der Waals surface area contributed by atoms with Crippen LogP contribution in [0.1, 0.15) is 35.8 Å². The molecule has 100 valence electrons. The molecule has 0 radical (unpaired) electrons. The molecule has 4 nitrogen and oxygen atoms in total. The van der Waals surface area contributed by atoms with Crippen LogP contribution in [0.15, 0.2) is 24.4 Å². The first-order valence-electron chi connectivity index (χ1n) is 5.97. The molecule has 0 aliphatic heterocycles. The molecule has 1 heterocycles. The molecule has 2 rings (SSSR count). The van der Waals surface area contributed by atoms with Crippen molar-refractivity contribution in [3.63, 3.8) is 0 Å². The summed E-state index contributed by atoms with van der Waals surface area (Å²) < 4.78 is 15.0. The molecule has 2 aromatic rings. The van der Waals surface area contributed by atoms with Crippen molar-refractivity contribution in [1.29, 1.82) is 0 Å². The zero-order valence-electron chi connectivity index (χ0n) is 11.0. The van der Waals surface area contributed by atoms with E-state index in [-0.39, 0.29) is 11.5 Å². The standard InChI is InChI=1S/C14H15FN2O2/c1-8(2)13-12(7-17(3)16-13)11-6-9(15)4-5-10(11)14(18)19/h4-8H,1-3H3,(H,18,19). The molecule has 0 amide bonds. The number of hydrogen-bond acceptors (Lipinski definition) is 2. The lowest BCUT2D eigenvalue weighted by Gasteiger charge is -2.08. The Hall–Kier alpha value is -2.17. The summed E-state index contributed by atoms with van der Waals surface area (Å²) in [4.78, 5) is 11.2. The van der Waals surface area contributed by atoms with Gasteiger partial charge in [0.05, 0.1) is 11.3 Å². The van der Waals surface area contributed by atoms with Gasteiger partial charge < -0.3 is 5.11 Å². The number of aryl methyl sites for hydroxylation is 1. The number of carbonyl (C=O) groups is 1. The number of benzene rings is 1. The third-order valence-electron chi connectivity index (χ3n) is 2.91. The second-order valence-corrected chi connectivity index (χ2v) is 4.75. The van der Waals surface area contributed by atoms with Crippen molar-refractivity contribution in [3.05, 3.63) is 41.5 Å². The SMILES string of the molecule is CC(C)c1nn(C)cc1-c1cc(F)ccc1C(=O)O. The van der Waals surface area contributed by atoms with Gasteiger partial charge >= 0.3 is 5.97 Å². The fourth-order valence-electron chi connectivity index (χ4n) is 2.07. The number of hydrogen-bond donors (Lipinski definition) is 1. The van der Waals surface area contributed by atoms with Crippen molar-refractivity contribution in [2.75, 3.05) is 0 Å². The molecule has 19 heavy (non-hydrogen) atoms. The zero-order chi connectivity index (χ0) is 14.2. The Morgan fingerprint density at radius 1 is 1.37 bits per heavy atom. The zero-order valence-corrected chi connectivity index (χ0v) is 11.0. The number of aromatic nitrogens is 2. The summed E-state index contributed by atoms with van der Waals surface area (Å²) in [6, 6.07) is 3.68. The highest BCUT2D eigenvalue weighted by atomic mass is 19.1. The Bertz CT molecular complexity index is 632. The van der Waals surface area contributed by atoms with Gasteiger partial charge in [0.1, 0.15) is 5.82 Å². The second kappa shape index (κ2) is 4.84. The molecule has 5 heteroatoms. The number of aromatic carboxylic acids is 1. The van der Waals surface area contributed by atoms with Gasteiger partial charge in [-0.25, -0.2) is 9.18 Å². The second-order valence-electron chi connectivity index (χ2n) is 4.75. The van der Waals surface area contributed by atoms with E-state index in [0.717, 1.165) is 11.8 Å². The molecule has 0 saturated carbocycles. The van der Waals surface area contributed by atoms with Crippen LogP contribution in [0.4, 0.5) is 4.39 Å². The van der Waals surface area contributed by atoms with E-state index >= 15 is 0 Å². The van der Waals surface area contributed by atoms with Crippen LogP contribution in [0.5, 0.6) is 0 Å². The van der Waals surface area contributed by atoms with Gasteiger partial charge in [-0.1, -0.05) is 13.8 Å². The lowest BCUT2D eigenvalue weighted by atomic mass is 9.96. The van der Waals surface area contributed by atoms with Crippen LogP contribution in [0.3, 0.4) is 0 Å². The van der Waals surface area contributed by atoms with Crippen LogP contribution in [-0.4, -0.2) is 20.9 Å². The van der Waals surface area contributed by atoms with E-state index in [1.165, 1.54) is 12.1 Å². The molecule has 1 aromatic carbocycles. The minimum absolute atomic E-state index is 0.0799. The van der Waals surface area contributed by atoms with Crippen molar-refractivity contribution < 1.29 is 14.3 Å². The first-order chi connectivity index (χ1) is 8.90. The van der Waals surface area contributed by atoms with E-state index in [2.05, 4.69) is 5.10 Å². The van der Waals surface area contributed by atoms with Gasteiger partial charge in [0.15, 0.2) is 0 Å². The number of nitrogens with zero attached hydrogens (tertiary/aromatic N) is 2. The monoisotopic (exact) mass is 262 g/mol. The summed E-state index contributed by atoms with van der Waals surface area (Å²) in [5.74, 6) is -1.41. The highest BCUT2D eigenvalue weighted by molar-refractivity contribution is 5.96. The van der Waals surface area contributed by atoms with Crippen LogP contribution >= 0.6 is 0 Å². The first kappa shape index (κ1) is 13.3. The van der Waals surface area contributed by atoms with Crippen LogP contribution in [-0.2, 0) is 7.05 Å². The fraction of sp³-hybridized carbons (Fsp3) is 0.286. The predicted octanol–water partition coefficient (Wildman–Crippen LogP) is 3.05. The highest BCUT2D eigenvalue weighted by Crippen LogP contribution is 2.31. The summed E-state index contributed by atoms with van der Waals surface area (Å²) in [6.07, 6.45) is 1.72. The number of rotatable bonds is 3. The predicted molar refractivity (Wildman–Crippen MR) is 69.7 cm³/mol. The van der Waals surface area contributed by atoms with Gasteiger partial charge in [-0.05, 0) is 24.1 Å². The molecule has 1 N–H and O–H groups in total. The molecule has 0 spiro atoms. The minimum atomic E-state index is -1.08. The van der Waals surface area contributed by atoms with Gasteiger partial charge in [-0.2, -0.15) is 5.10 Å². The van der Waals surface area contributed by atoms with E-state index in [4.69, 9.17) is 0 Å². The average molecular weight is 262 g/mol. The van der Waals surface area contributed by atoms with Crippen molar-refractivity contribution in [1.82, 2.24) is 9.78 Å². The van der Waals surface area contributed by atoms with E-state index in [1.54, 1.807) is 17.9 Å². The first-order valence-corrected chi connectivity index (χ1v) is 5.97. The van der Waals surface area contributed by atoms with E-state index in [9.17, 15) is 14.3 Å². The minimum Gasteiger partial charge on any atom is -0.478 e. The Morgan fingerprint density at radius 2 is 2.05 bits per heavy atom. The average Bonchev–Trinajstić information content (AvgIpc) is 2.70.